The number of anilines is 3. The number of carbonyl (C=O) groups excluding carboxylic acids is 2. The first kappa shape index (κ1) is 17.6. The van der Waals surface area contributed by atoms with E-state index in [1.54, 1.807) is 28.0 Å². The lowest BCUT2D eigenvalue weighted by Crippen LogP contribution is -2.59. The number of fused-ring (bicyclic) bond motifs is 1. The Bertz CT molecular complexity index is 1130. The van der Waals surface area contributed by atoms with Crippen molar-refractivity contribution in [3.8, 4) is 0 Å². The molecule has 0 radical (unpaired) electrons. The Kier molecular flexibility index (Phi) is 3.96. The number of ether oxygens (including phenoxy) is 1. The Hall–Kier alpha value is -3.51. The lowest BCUT2D eigenvalue weighted by Gasteiger charge is -2.37. The SMILES string of the molecule is O=C1c2ccccc2N(c2ccccc2)C(=O)C12CN(c1ccccc1)C(=S)O2. The van der Waals surface area contributed by atoms with E-state index in [4.69, 9.17) is 17.0 Å². The highest BCUT2D eigenvalue weighted by atomic mass is 32.1. The number of Topliss-reactive ketones (excluding diaryl/α,β-unsaturated/α-hetero) is 1. The molecule has 6 heteroatoms. The lowest BCUT2D eigenvalue weighted by atomic mass is 9.85. The molecule has 2 heterocycles. The van der Waals surface area contributed by atoms with Crippen LogP contribution >= 0.6 is 12.2 Å². The molecule has 1 atom stereocenters. The first-order valence-corrected chi connectivity index (χ1v) is 9.62. The zero-order valence-corrected chi connectivity index (χ0v) is 16.1. The second-order valence-corrected chi connectivity index (χ2v) is 7.29. The number of rotatable bonds is 2. The van der Waals surface area contributed by atoms with Crippen LogP contribution in [0.2, 0.25) is 0 Å². The van der Waals surface area contributed by atoms with Gasteiger partial charge in [-0.25, -0.2) is 0 Å². The molecule has 1 unspecified atom stereocenters. The highest BCUT2D eigenvalue weighted by Gasteiger charge is 2.61. The van der Waals surface area contributed by atoms with E-state index in [2.05, 4.69) is 0 Å². The van der Waals surface area contributed by atoms with Gasteiger partial charge in [0.15, 0.2) is 0 Å². The van der Waals surface area contributed by atoms with E-state index in [0.29, 0.717) is 16.9 Å². The van der Waals surface area contributed by atoms with Crippen LogP contribution in [-0.4, -0.2) is 29.0 Å². The zero-order chi connectivity index (χ0) is 20.0. The van der Waals surface area contributed by atoms with E-state index in [0.717, 1.165) is 5.69 Å². The molecule has 142 valence electrons. The van der Waals surface area contributed by atoms with Crippen molar-refractivity contribution in [3.63, 3.8) is 0 Å². The second-order valence-electron chi connectivity index (χ2n) is 6.94. The van der Waals surface area contributed by atoms with Crippen LogP contribution in [0.15, 0.2) is 84.9 Å². The third-order valence-electron chi connectivity index (χ3n) is 5.25. The molecule has 0 aromatic heterocycles. The number of para-hydroxylation sites is 3. The van der Waals surface area contributed by atoms with Crippen molar-refractivity contribution in [1.82, 2.24) is 0 Å². The summed E-state index contributed by atoms with van der Waals surface area (Å²) < 4.78 is 5.91. The molecular weight excluding hydrogens is 384 g/mol. The molecular formula is C23H16N2O3S. The summed E-state index contributed by atoms with van der Waals surface area (Å²) in [5.41, 5.74) is 0.724. The Morgan fingerprint density at radius 1 is 0.793 bits per heavy atom. The van der Waals surface area contributed by atoms with Crippen LogP contribution in [0.1, 0.15) is 10.4 Å². The van der Waals surface area contributed by atoms with E-state index >= 15 is 0 Å². The molecule has 1 fully saturated rings. The minimum atomic E-state index is -1.71. The van der Waals surface area contributed by atoms with Crippen LogP contribution in [0, 0.1) is 0 Å². The largest absolute Gasteiger partial charge is 0.443 e. The van der Waals surface area contributed by atoms with Crippen molar-refractivity contribution in [2.75, 3.05) is 16.3 Å². The quantitative estimate of drug-likeness (QED) is 0.479. The number of benzene rings is 3. The first-order chi connectivity index (χ1) is 14.1. The molecule has 2 aliphatic heterocycles. The summed E-state index contributed by atoms with van der Waals surface area (Å²) >= 11 is 5.42. The van der Waals surface area contributed by atoms with E-state index < -0.39 is 11.5 Å². The van der Waals surface area contributed by atoms with Gasteiger partial charge in [-0.2, -0.15) is 0 Å². The van der Waals surface area contributed by atoms with Gasteiger partial charge in [0.25, 0.3) is 16.7 Å². The molecule has 0 N–H and O–H groups in total. The van der Waals surface area contributed by atoms with Crippen molar-refractivity contribution in [1.29, 1.82) is 0 Å². The Morgan fingerprint density at radius 3 is 2.07 bits per heavy atom. The van der Waals surface area contributed by atoms with Gasteiger partial charge in [-0.1, -0.05) is 48.5 Å². The van der Waals surface area contributed by atoms with Gasteiger partial charge in [-0.05, 0) is 48.6 Å². The molecule has 5 nitrogen and oxygen atoms in total. The molecule has 1 amide bonds. The smallest absolute Gasteiger partial charge is 0.286 e. The van der Waals surface area contributed by atoms with Gasteiger partial charge in [0.1, 0.15) is 0 Å². The number of hydrogen-bond donors (Lipinski definition) is 0. The molecule has 29 heavy (non-hydrogen) atoms. The molecule has 0 aliphatic carbocycles. The molecule has 0 bridgehead atoms. The van der Waals surface area contributed by atoms with Crippen LogP contribution in [-0.2, 0) is 9.53 Å². The van der Waals surface area contributed by atoms with Crippen molar-refractivity contribution in [2.45, 2.75) is 5.60 Å². The maximum absolute atomic E-state index is 13.7. The van der Waals surface area contributed by atoms with Crippen molar-refractivity contribution < 1.29 is 14.3 Å². The summed E-state index contributed by atoms with van der Waals surface area (Å²) in [5, 5.41) is 0.116. The summed E-state index contributed by atoms with van der Waals surface area (Å²) in [7, 11) is 0. The lowest BCUT2D eigenvalue weighted by molar-refractivity contribution is -0.128. The molecule has 0 saturated carbocycles. The van der Waals surface area contributed by atoms with Gasteiger partial charge >= 0.3 is 0 Å². The number of ketones is 1. The zero-order valence-electron chi connectivity index (χ0n) is 15.3. The van der Waals surface area contributed by atoms with Gasteiger partial charge in [-0.3, -0.25) is 19.4 Å². The van der Waals surface area contributed by atoms with E-state index in [1.165, 1.54) is 0 Å². The minimum absolute atomic E-state index is 0.0329. The van der Waals surface area contributed by atoms with E-state index in [1.807, 2.05) is 66.7 Å². The standard InChI is InChI=1S/C23H16N2O3S/c26-20-18-13-7-8-14-19(18)25(17-11-5-2-6-12-17)21(27)23(20)15-24(22(29)28-23)16-9-3-1-4-10-16/h1-14H,15H2. The summed E-state index contributed by atoms with van der Waals surface area (Å²) in [6.45, 7) is 0.0329. The average Bonchev–Trinajstić information content (AvgIpc) is 3.12. The van der Waals surface area contributed by atoms with Crippen LogP contribution < -0.4 is 9.80 Å². The normalized spacial score (nSPS) is 20.8. The summed E-state index contributed by atoms with van der Waals surface area (Å²) in [5.74, 6) is -0.806. The second kappa shape index (κ2) is 6.53. The van der Waals surface area contributed by atoms with Gasteiger partial charge in [0.05, 0.1) is 12.2 Å². The van der Waals surface area contributed by atoms with E-state index in [9.17, 15) is 9.59 Å². The van der Waals surface area contributed by atoms with Crippen molar-refractivity contribution in [3.05, 3.63) is 90.5 Å². The monoisotopic (exact) mass is 400 g/mol. The third-order valence-corrected chi connectivity index (χ3v) is 5.55. The van der Waals surface area contributed by atoms with Crippen LogP contribution in [0.5, 0.6) is 0 Å². The predicted octanol–water partition coefficient (Wildman–Crippen LogP) is 4.11. The third kappa shape index (κ3) is 2.57. The predicted molar refractivity (Wildman–Crippen MR) is 115 cm³/mol. The fraction of sp³-hybridized carbons (Fsp3) is 0.0870. The van der Waals surface area contributed by atoms with Crippen molar-refractivity contribution in [2.24, 2.45) is 0 Å². The first-order valence-electron chi connectivity index (χ1n) is 9.21. The maximum Gasteiger partial charge on any atom is 0.286 e. The van der Waals surface area contributed by atoms with E-state index in [-0.39, 0.29) is 17.5 Å². The van der Waals surface area contributed by atoms with Crippen molar-refractivity contribution >= 4 is 46.1 Å². The Balaban J connectivity index is 1.66. The Morgan fingerprint density at radius 2 is 1.38 bits per heavy atom. The minimum Gasteiger partial charge on any atom is -0.443 e. The van der Waals surface area contributed by atoms with Gasteiger partial charge in [0.2, 0.25) is 5.78 Å². The molecule has 1 saturated heterocycles. The summed E-state index contributed by atoms with van der Waals surface area (Å²) in [6, 6.07) is 25.7. The Labute approximate surface area is 173 Å². The van der Waals surface area contributed by atoms with Crippen LogP contribution in [0.25, 0.3) is 0 Å². The fourth-order valence-corrected chi connectivity index (χ4v) is 4.17. The number of hydrogen-bond acceptors (Lipinski definition) is 4. The number of carbonyl (C=O) groups is 2. The topological polar surface area (TPSA) is 49.9 Å². The fourth-order valence-electron chi connectivity index (χ4n) is 3.86. The highest BCUT2D eigenvalue weighted by Crippen LogP contribution is 2.42. The average molecular weight is 400 g/mol. The highest BCUT2D eigenvalue weighted by molar-refractivity contribution is 7.80. The van der Waals surface area contributed by atoms with Crippen LogP contribution in [0.3, 0.4) is 0 Å². The number of thiocarbonyl (C=S) groups is 1. The number of nitrogens with zero attached hydrogens (tertiary/aromatic N) is 2. The summed E-state index contributed by atoms with van der Waals surface area (Å²) in [6.07, 6.45) is 0. The van der Waals surface area contributed by atoms with Gasteiger partial charge in [-0.15, -0.1) is 0 Å². The van der Waals surface area contributed by atoms with Crippen LogP contribution in [0.4, 0.5) is 17.1 Å². The van der Waals surface area contributed by atoms with Gasteiger partial charge in [0, 0.05) is 16.9 Å². The maximum atomic E-state index is 13.7. The molecule has 2 aliphatic rings. The summed E-state index contributed by atoms with van der Waals surface area (Å²) in [4.78, 5) is 30.5. The molecule has 3 aromatic carbocycles. The number of amides is 1. The molecule has 5 rings (SSSR count). The molecule has 1 spiro atoms. The molecule has 3 aromatic rings. The van der Waals surface area contributed by atoms with Gasteiger partial charge < -0.3 is 4.74 Å².